The number of aliphatic hydroxyl groups excluding tert-OH is 1. The number of aromatic nitrogens is 1. The Balaban J connectivity index is 2.31. The Morgan fingerprint density at radius 3 is 2.67 bits per heavy atom. The molecule has 6 heteroatoms. The molecule has 1 aromatic rings. The van der Waals surface area contributed by atoms with E-state index in [1.807, 2.05) is 29.9 Å². The molecule has 0 aliphatic rings. The second-order valence-corrected chi connectivity index (χ2v) is 3.40. The lowest BCUT2D eigenvalue weighted by atomic mass is 10.3. The van der Waals surface area contributed by atoms with Crippen molar-refractivity contribution in [3.63, 3.8) is 0 Å². The van der Waals surface area contributed by atoms with E-state index in [2.05, 4.69) is 0 Å². The van der Waals surface area contributed by atoms with Crippen LogP contribution in [-0.2, 0) is 13.6 Å². The van der Waals surface area contributed by atoms with E-state index in [9.17, 15) is 13.2 Å². The molecule has 1 rings (SSSR count). The third-order valence-electron chi connectivity index (χ3n) is 2.17. The topological polar surface area (TPSA) is 41.8 Å². The van der Waals surface area contributed by atoms with Crippen molar-refractivity contribution in [1.29, 1.82) is 0 Å². The number of nitrogens with zero attached hydrogens (tertiary/aromatic N) is 1. The van der Waals surface area contributed by atoms with Crippen molar-refractivity contribution in [2.75, 3.05) is 6.54 Å². The standard InChI is InChI=1S/C9H13F3N2O/c1-14-4-2-3-7(14)5-13-6-8(15)9(10,11)12/h2-4,8,13,15H,5-6H2,1H3/p+1/t8-/m0/s1. The van der Waals surface area contributed by atoms with E-state index >= 15 is 0 Å². The van der Waals surface area contributed by atoms with Crippen LogP contribution in [-0.4, -0.2) is 28.5 Å². The van der Waals surface area contributed by atoms with Crippen LogP contribution in [0.15, 0.2) is 18.3 Å². The monoisotopic (exact) mass is 223 g/mol. The van der Waals surface area contributed by atoms with Crippen molar-refractivity contribution in [3.8, 4) is 0 Å². The van der Waals surface area contributed by atoms with E-state index in [0.29, 0.717) is 6.54 Å². The van der Waals surface area contributed by atoms with Crippen LogP contribution in [0.1, 0.15) is 5.69 Å². The Morgan fingerprint density at radius 2 is 2.20 bits per heavy atom. The van der Waals surface area contributed by atoms with E-state index in [-0.39, 0.29) is 6.54 Å². The number of hydrogen-bond acceptors (Lipinski definition) is 1. The van der Waals surface area contributed by atoms with Crippen LogP contribution in [0, 0.1) is 0 Å². The average molecular weight is 223 g/mol. The minimum Gasteiger partial charge on any atom is -0.379 e. The smallest absolute Gasteiger partial charge is 0.379 e. The maximum atomic E-state index is 11.9. The predicted molar refractivity (Wildman–Crippen MR) is 48.0 cm³/mol. The van der Waals surface area contributed by atoms with E-state index in [1.54, 1.807) is 0 Å². The summed E-state index contributed by atoms with van der Waals surface area (Å²) in [7, 11) is 1.82. The number of aryl methyl sites for hydroxylation is 1. The Bertz CT molecular complexity index is 309. The van der Waals surface area contributed by atoms with Crippen LogP contribution in [0.3, 0.4) is 0 Å². The molecule has 0 spiro atoms. The van der Waals surface area contributed by atoms with Gasteiger partial charge in [-0.15, -0.1) is 0 Å². The zero-order valence-electron chi connectivity index (χ0n) is 8.33. The number of quaternary nitrogens is 1. The Hall–Kier alpha value is -1.01. The number of aliphatic hydroxyl groups is 1. The summed E-state index contributed by atoms with van der Waals surface area (Å²) < 4.78 is 37.6. The lowest BCUT2D eigenvalue weighted by Crippen LogP contribution is -2.85. The second-order valence-electron chi connectivity index (χ2n) is 3.40. The first-order valence-electron chi connectivity index (χ1n) is 4.58. The van der Waals surface area contributed by atoms with E-state index in [4.69, 9.17) is 5.11 Å². The lowest BCUT2D eigenvalue weighted by molar-refractivity contribution is -0.680. The van der Waals surface area contributed by atoms with Gasteiger partial charge in [-0.25, -0.2) is 0 Å². The largest absolute Gasteiger partial charge is 0.419 e. The highest BCUT2D eigenvalue weighted by Crippen LogP contribution is 2.18. The molecule has 1 atom stereocenters. The number of halogens is 3. The fourth-order valence-electron chi connectivity index (χ4n) is 1.23. The Morgan fingerprint density at radius 1 is 1.53 bits per heavy atom. The minimum absolute atomic E-state index is 0.366. The Labute approximate surface area is 85.5 Å². The maximum Gasteiger partial charge on any atom is 0.419 e. The van der Waals surface area contributed by atoms with Crippen LogP contribution >= 0.6 is 0 Å². The summed E-state index contributed by atoms with van der Waals surface area (Å²) in [5, 5.41) is 10.2. The van der Waals surface area contributed by atoms with Crippen LogP contribution in [0.4, 0.5) is 13.2 Å². The predicted octanol–water partition coefficient (Wildman–Crippen LogP) is 0.0117. The van der Waals surface area contributed by atoms with E-state index in [0.717, 1.165) is 5.69 Å². The van der Waals surface area contributed by atoms with Gasteiger partial charge in [-0.2, -0.15) is 13.2 Å². The molecule has 15 heavy (non-hydrogen) atoms. The molecule has 0 bridgehead atoms. The fraction of sp³-hybridized carbons (Fsp3) is 0.556. The van der Waals surface area contributed by atoms with Gasteiger partial charge in [-0.1, -0.05) is 0 Å². The molecule has 86 valence electrons. The highest BCUT2D eigenvalue weighted by Gasteiger charge is 2.39. The first-order valence-corrected chi connectivity index (χ1v) is 4.58. The molecule has 0 fully saturated rings. The normalized spacial score (nSPS) is 14.2. The molecule has 0 radical (unpaired) electrons. The van der Waals surface area contributed by atoms with Crippen molar-refractivity contribution in [2.45, 2.75) is 18.8 Å². The lowest BCUT2D eigenvalue weighted by Gasteiger charge is -2.12. The van der Waals surface area contributed by atoms with Gasteiger partial charge < -0.3 is 15.0 Å². The van der Waals surface area contributed by atoms with Crippen molar-refractivity contribution in [3.05, 3.63) is 24.0 Å². The first kappa shape index (κ1) is 12.1. The molecule has 3 N–H and O–H groups in total. The van der Waals surface area contributed by atoms with Gasteiger partial charge in [0.25, 0.3) is 0 Å². The van der Waals surface area contributed by atoms with Gasteiger partial charge in [0.15, 0.2) is 6.10 Å². The third-order valence-corrected chi connectivity index (χ3v) is 2.17. The average Bonchev–Trinajstić information content (AvgIpc) is 2.50. The zero-order chi connectivity index (χ0) is 11.5. The maximum absolute atomic E-state index is 11.9. The summed E-state index contributed by atoms with van der Waals surface area (Å²) in [4.78, 5) is 0. The summed E-state index contributed by atoms with van der Waals surface area (Å²) in [6.45, 7) is 0.0608. The van der Waals surface area contributed by atoms with Crippen molar-refractivity contribution in [1.82, 2.24) is 4.57 Å². The summed E-state index contributed by atoms with van der Waals surface area (Å²) in [5.41, 5.74) is 0.921. The molecule has 0 amide bonds. The van der Waals surface area contributed by atoms with Crippen molar-refractivity contribution >= 4 is 0 Å². The number of rotatable bonds is 4. The van der Waals surface area contributed by atoms with Crippen molar-refractivity contribution in [2.24, 2.45) is 7.05 Å². The summed E-state index contributed by atoms with van der Waals surface area (Å²) in [6, 6.07) is 3.65. The van der Waals surface area contributed by atoms with Gasteiger partial charge >= 0.3 is 6.18 Å². The SMILES string of the molecule is Cn1cccc1C[NH2+]C[C@H](O)C(F)(F)F. The molecule has 0 unspecified atom stereocenters. The molecule has 0 aliphatic carbocycles. The van der Waals surface area contributed by atoms with Gasteiger partial charge in [0.1, 0.15) is 13.1 Å². The quantitative estimate of drug-likeness (QED) is 0.742. The first-order chi connectivity index (χ1) is 6.91. The Kier molecular flexibility index (Phi) is 3.76. The van der Waals surface area contributed by atoms with Gasteiger partial charge in [0.2, 0.25) is 0 Å². The summed E-state index contributed by atoms with van der Waals surface area (Å²) in [5.74, 6) is 0. The molecule has 3 nitrogen and oxygen atoms in total. The second kappa shape index (κ2) is 4.67. The molecule has 0 saturated carbocycles. The van der Waals surface area contributed by atoms with Gasteiger partial charge in [0, 0.05) is 13.2 Å². The molecule has 1 aromatic heterocycles. The van der Waals surface area contributed by atoms with Crippen LogP contribution in [0.2, 0.25) is 0 Å². The molecule has 1 heterocycles. The summed E-state index contributed by atoms with van der Waals surface area (Å²) >= 11 is 0. The third kappa shape index (κ3) is 3.56. The summed E-state index contributed by atoms with van der Waals surface area (Å²) in [6.07, 6.45) is -4.95. The van der Waals surface area contributed by atoms with Gasteiger partial charge in [-0.05, 0) is 12.1 Å². The van der Waals surface area contributed by atoms with Crippen molar-refractivity contribution < 1.29 is 23.6 Å². The van der Waals surface area contributed by atoms with Gasteiger partial charge in [0.05, 0.1) is 5.69 Å². The van der Waals surface area contributed by atoms with E-state index < -0.39 is 12.3 Å². The highest BCUT2D eigenvalue weighted by atomic mass is 19.4. The van der Waals surface area contributed by atoms with Gasteiger partial charge in [-0.3, -0.25) is 0 Å². The number of alkyl halides is 3. The minimum atomic E-state index is -4.52. The highest BCUT2D eigenvalue weighted by molar-refractivity contribution is 5.04. The molecular formula is C9H14F3N2O+. The zero-order valence-corrected chi connectivity index (χ0v) is 8.33. The van der Waals surface area contributed by atoms with Crippen LogP contribution in [0.5, 0.6) is 0 Å². The van der Waals surface area contributed by atoms with Crippen LogP contribution < -0.4 is 5.32 Å². The number of hydrogen-bond donors (Lipinski definition) is 2. The molecule has 0 aromatic carbocycles. The fourth-order valence-corrected chi connectivity index (χ4v) is 1.23. The molecule has 0 saturated heterocycles. The molecular weight excluding hydrogens is 209 g/mol. The van der Waals surface area contributed by atoms with Crippen LogP contribution in [0.25, 0.3) is 0 Å². The number of nitrogens with two attached hydrogens (primary N) is 1. The molecule has 0 aliphatic heterocycles. The van der Waals surface area contributed by atoms with E-state index in [1.165, 1.54) is 5.32 Å².